The number of hydrogen-bond acceptors (Lipinski definition) is 4. The van der Waals surface area contributed by atoms with E-state index >= 15 is 0 Å². The van der Waals surface area contributed by atoms with E-state index < -0.39 is 0 Å². The highest BCUT2D eigenvalue weighted by molar-refractivity contribution is 6.04. The van der Waals surface area contributed by atoms with Gasteiger partial charge in [-0.25, -0.2) is 0 Å². The summed E-state index contributed by atoms with van der Waals surface area (Å²) < 4.78 is 7.16. The van der Waals surface area contributed by atoms with E-state index in [4.69, 9.17) is 4.74 Å². The Bertz CT molecular complexity index is 705. The first-order chi connectivity index (χ1) is 11.7. The molecule has 0 saturated carbocycles. The van der Waals surface area contributed by atoms with E-state index in [1.807, 2.05) is 32.0 Å². The molecule has 1 N–H and O–H groups in total. The number of benzene rings is 1. The van der Waals surface area contributed by atoms with Crippen LogP contribution in [0.15, 0.2) is 30.5 Å². The van der Waals surface area contributed by atoms with E-state index in [1.54, 1.807) is 10.9 Å². The largest absolute Gasteiger partial charge is 0.379 e. The number of aromatic nitrogens is 2. The molecule has 0 spiro atoms. The average Bonchev–Trinajstić information content (AvgIpc) is 2.97. The summed E-state index contributed by atoms with van der Waals surface area (Å²) in [5, 5.41) is 7.30. The summed E-state index contributed by atoms with van der Waals surface area (Å²) in [6.45, 7) is 8.97. The Morgan fingerprint density at radius 3 is 2.83 bits per heavy atom. The first-order valence-electron chi connectivity index (χ1n) is 8.40. The van der Waals surface area contributed by atoms with Crippen LogP contribution in [0, 0.1) is 6.92 Å². The molecule has 1 fully saturated rings. The lowest BCUT2D eigenvalue weighted by atomic mass is 10.1. The number of rotatable bonds is 5. The summed E-state index contributed by atoms with van der Waals surface area (Å²) in [6, 6.07) is 8.02. The van der Waals surface area contributed by atoms with Gasteiger partial charge in [-0.05, 0) is 31.5 Å². The molecule has 0 aliphatic carbocycles. The van der Waals surface area contributed by atoms with Gasteiger partial charge >= 0.3 is 0 Å². The molecule has 1 aliphatic rings. The van der Waals surface area contributed by atoms with E-state index in [1.165, 1.54) is 5.56 Å². The van der Waals surface area contributed by atoms with Crippen LogP contribution in [-0.4, -0.2) is 46.9 Å². The van der Waals surface area contributed by atoms with Gasteiger partial charge in [0.2, 0.25) is 0 Å². The third kappa shape index (κ3) is 4.01. The minimum absolute atomic E-state index is 0.115. The molecule has 3 rings (SSSR count). The standard InChI is InChI=1S/C18H24N4O2/c1-3-22-13-17(14(2)20-22)18(23)19-16-6-4-5-15(11-16)12-21-7-9-24-10-8-21/h4-6,11,13H,3,7-10,12H2,1-2H3,(H,19,23). The monoisotopic (exact) mass is 328 g/mol. The van der Waals surface area contributed by atoms with Gasteiger partial charge in [-0.2, -0.15) is 5.10 Å². The van der Waals surface area contributed by atoms with Crippen molar-refractivity contribution >= 4 is 11.6 Å². The molecule has 1 aliphatic heterocycles. The number of amides is 1. The first kappa shape index (κ1) is 16.7. The van der Waals surface area contributed by atoms with Gasteiger partial charge in [-0.15, -0.1) is 0 Å². The number of morpholine rings is 1. The molecule has 1 aromatic carbocycles. The lowest BCUT2D eigenvalue weighted by Gasteiger charge is -2.26. The Morgan fingerprint density at radius 1 is 1.33 bits per heavy atom. The van der Waals surface area contributed by atoms with Gasteiger partial charge in [0.15, 0.2) is 0 Å². The Kier molecular flexibility index (Phi) is 5.27. The van der Waals surface area contributed by atoms with E-state index in [9.17, 15) is 4.79 Å². The number of ether oxygens (including phenoxy) is 1. The molecule has 1 aromatic heterocycles. The number of anilines is 1. The normalized spacial score (nSPS) is 15.4. The number of carbonyl (C=O) groups excluding carboxylic acids is 1. The van der Waals surface area contributed by atoms with Gasteiger partial charge in [0.05, 0.1) is 24.5 Å². The van der Waals surface area contributed by atoms with Crippen LogP contribution in [0.2, 0.25) is 0 Å². The number of carbonyl (C=O) groups is 1. The molecule has 6 nitrogen and oxygen atoms in total. The van der Waals surface area contributed by atoms with E-state index in [0.717, 1.165) is 50.8 Å². The van der Waals surface area contributed by atoms with Crippen molar-refractivity contribution in [2.45, 2.75) is 26.9 Å². The zero-order valence-electron chi connectivity index (χ0n) is 14.3. The van der Waals surface area contributed by atoms with Crippen molar-refractivity contribution < 1.29 is 9.53 Å². The molecule has 0 unspecified atom stereocenters. The minimum atomic E-state index is -0.115. The summed E-state index contributed by atoms with van der Waals surface area (Å²) in [4.78, 5) is 14.8. The topological polar surface area (TPSA) is 59.4 Å². The van der Waals surface area contributed by atoms with Crippen LogP contribution in [0.25, 0.3) is 0 Å². The second kappa shape index (κ2) is 7.59. The van der Waals surface area contributed by atoms with Crippen molar-refractivity contribution in [2.75, 3.05) is 31.6 Å². The lowest BCUT2D eigenvalue weighted by molar-refractivity contribution is 0.0342. The summed E-state index contributed by atoms with van der Waals surface area (Å²) in [5.74, 6) is -0.115. The molecule has 0 radical (unpaired) electrons. The molecule has 24 heavy (non-hydrogen) atoms. The zero-order valence-corrected chi connectivity index (χ0v) is 14.3. The summed E-state index contributed by atoms with van der Waals surface area (Å²) >= 11 is 0. The highest BCUT2D eigenvalue weighted by atomic mass is 16.5. The van der Waals surface area contributed by atoms with Crippen LogP contribution in [0.3, 0.4) is 0 Å². The van der Waals surface area contributed by atoms with E-state index in [-0.39, 0.29) is 5.91 Å². The summed E-state index contributed by atoms with van der Waals surface area (Å²) in [6.07, 6.45) is 1.79. The molecule has 2 aromatic rings. The highest BCUT2D eigenvalue weighted by Crippen LogP contribution is 2.16. The minimum Gasteiger partial charge on any atom is -0.379 e. The Morgan fingerprint density at radius 2 is 2.12 bits per heavy atom. The van der Waals surface area contributed by atoms with Gasteiger partial charge < -0.3 is 10.1 Å². The fraction of sp³-hybridized carbons (Fsp3) is 0.444. The van der Waals surface area contributed by atoms with Crippen molar-refractivity contribution in [1.29, 1.82) is 0 Å². The number of aryl methyl sites for hydroxylation is 2. The molecule has 1 amide bonds. The summed E-state index contributed by atoms with van der Waals surface area (Å²) in [7, 11) is 0. The number of hydrogen-bond donors (Lipinski definition) is 1. The van der Waals surface area contributed by atoms with Crippen LogP contribution in [-0.2, 0) is 17.8 Å². The second-order valence-corrected chi connectivity index (χ2v) is 6.03. The van der Waals surface area contributed by atoms with Crippen LogP contribution < -0.4 is 5.32 Å². The third-order valence-corrected chi connectivity index (χ3v) is 4.21. The average molecular weight is 328 g/mol. The maximum absolute atomic E-state index is 12.5. The predicted octanol–water partition coefficient (Wildman–Crippen LogP) is 2.30. The SMILES string of the molecule is CCn1cc(C(=O)Nc2cccc(CN3CCOCC3)c2)c(C)n1. The molecular weight excluding hydrogens is 304 g/mol. The van der Waals surface area contributed by atoms with Gasteiger partial charge in [-0.1, -0.05) is 12.1 Å². The van der Waals surface area contributed by atoms with Gasteiger partial charge in [0, 0.05) is 38.1 Å². The van der Waals surface area contributed by atoms with Crippen LogP contribution in [0.1, 0.15) is 28.5 Å². The maximum Gasteiger partial charge on any atom is 0.259 e. The van der Waals surface area contributed by atoms with Crippen molar-refractivity contribution in [3.05, 3.63) is 47.3 Å². The Balaban J connectivity index is 1.67. The van der Waals surface area contributed by atoms with Gasteiger partial charge in [0.25, 0.3) is 5.91 Å². The van der Waals surface area contributed by atoms with E-state index in [0.29, 0.717) is 5.56 Å². The fourth-order valence-corrected chi connectivity index (χ4v) is 2.87. The van der Waals surface area contributed by atoms with Crippen LogP contribution in [0.4, 0.5) is 5.69 Å². The number of nitrogens with one attached hydrogen (secondary N) is 1. The van der Waals surface area contributed by atoms with Crippen molar-refractivity contribution in [3.8, 4) is 0 Å². The Labute approximate surface area is 142 Å². The smallest absolute Gasteiger partial charge is 0.259 e. The molecule has 1 saturated heterocycles. The zero-order chi connectivity index (χ0) is 16.9. The second-order valence-electron chi connectivity index (χ2n) is 6.03. The molecule has 6 heteroatoms. The summed E-state index contributed by atoms with van der Waals surface area (Å²) in [5.41, 5.74) is 3.37. The van der Waals surface area contributed by atoms with Crippen LogP contribution >= 0.6 is 0 Å². The quantitative estimate of drug-likeness (QED) is 0.915. The predicted molar refractivity (Wildman–Crippen MR) is 93.1 cm³/mol. The lowest BCUT2D eigenvalue weighted by Crippen LogP contribution is -2.35. The van der Waals surface area contributed by atoms with Gasteiger partial charge in [-0.3, -0.25) is 14.4 Å². The van der Waals surface area contributed by atoms with Crippen LogP contribution in [0.5, 0.6) is 0 Å². The molecular formula is C18H24N4O2. The third-order valence-electron chi connectivity index (χ3n) is 4.21. The van der Waals surface area contributed by atoms with Crippen molar-refractivity contribution in [1.82, 2.24) is 14.7 Å². The van der Waals surface area contributed by atoms with Gasteiger partial charge in [0.1, 0.15) is 0 Å². The molecule has 128 valence electrons. The van der Waals surface area contributed by atoms with Crippen molar-refractivity contribution in [2.24, 2.45) is 0 Å². The van der Waals surface area contributed by atoms with Crippen molar-refractivity contribution in [3.63, 3.8) is 0 Å². The Hall–Kier alpha value is -2.18. The first-order valence-corrected chi connectivity index (χ1v) is 8.40. The van der Waals surface area contributed by atoms with E-state index in [2.05, 4.69) is 21.4 Å². The molecule has 0 atom stereocenters. The maximum atomic E-state index is 12.5. The molecule has 2 heterocycles. The fourth-order valence-electron chi connectivity index (χ4n) is 2.87. The number of nitrogens with zero attached hydrogens (tertiary/aromatic N) is 3. The highest BCUT2D eigenvalue weighted by Gasteiger charge is 2.14. The molecule has 0 bridgehead atoms.